The van der Waals surface area contributed by atoms with E-state index in [-0.39, 0.29) is 17.2 Å². The van der Waals surface area contributed by atoms with Crippen molar-refractivity contribution in [3.05, 3.63) is 95.1 Å². The molecule has 3 aromatic rings. The molecule has 0 saturated heterocycles. The molecule has 142 valence electrons. The lowest BCUT2D eigenvalue weighted by Crippen LogP contribution is -2.22. The fraction of sp³-hybridized carbons (Fsp3) is 0.240. The van der Waals surface area contributed by atoms with Crippen molar-refractivity contribution in [3.63, 3.8) is 0 Å². The predicted octanol–water partition coefficient (Wildman–Crippen LogP) is 5.26. The molecule has 0 aliphatic heterocycles. The zero-order valence-electron chi connectivity index (χ0n) is 16.5. The number of nitrogens with one attached hydrogen (secondary N) is 1. The van der Waals surface area contributed by atoms with E-state index in [0.29, 0.717) is 11.4 Å². The number of hydrogen-bond donors (Lipinski definition) is 1. The van der Waals surface area contributed by atoms with Crippen LogP contribution in [0.25, 0.3) is 0 Å². The maximum absolute atomic E-state index is 13.2. The van der Waals surface area contributed by atoms with Crippen molar-refractivity contribution in [1.82, 2.24) is 0 Å². The Balaban J connectivity index is 1.70. The van der Waals surface area contributed by atoms with E-state index in [0.717, 1.165) is 6.42 Å². The van der Waals surface area contributed by atoms with Crippen LogP contribution in [0.1, 0.15) is 28.7 Å². The smallest absolute Gasteiger partial charge is 0.228 e. The zero-order valence-corrected chi connectivity index (χ0v) is 16.5. The minimum Gasteiger partial charge on any atom is -0.495 e. The minimum atomic E-state index is -0.274. The Hall–Kier alpha value is -3.07. The number of benzene rings is 3. The molecule has 0 radical (unpaired) electrons. The molecule has 3 heteroatoms. The van der Waals surface area contributed by atoms with Gasteiger partial charge in [0.25, 0.3) is 0 Å². The van der Waals surface area contributed by atoms with E-state index in [9.17, 15) is 4.79 Å². The van der Waals surface area contributed by atoms with Gasteiger partial charge < -0.3 is 10.1 Å². The number of anilines is 1. The Bertz CT molecular complexity index is 979. The summed E-state index contributed by atoms with van der Waals surface area (Å²) in [4.78, 5) is 13.2. The fourth-order valence-electron chi connectivity index (χ4n) is 4.20. The minimum absolute atomic E-state index is 0.0347. The molecule has 1 N–H and O–H groups in total. The topological polar surface area (TPSA) is 38.3 Å². The second-order valence-corrected chi connectivity index (χ2v) is 7.66. The Morgan fingerprint density at radius 2 is 1.54 bits per heavy atom. The van der Waals surface area contributed by atoms with Gasteiger partial charge in [0.15, 0.2) is 0 Å². The molecule has 0 bridgehead atoms. The molecule has 1 saturated carbocycles. The summed E-state index contributed by atoms with van der Waals surface area (Å²) in [6.45, 7) is 4.19. The first-order chi connectivity index (χ1) is 13.5. The number of hydrogen-bond acceptors (Lipinski definition) is 2. The lowest BCUT2D eigenvalue weighted by Gasteiger charge is -2.20. The summed E-state index contributed by atoms with van der Waals surface area (Å²) in [7, 11) is 1.62. The van der Waals surface area contributed by atoms with E-state index in [1.54, 1.807) is 7.11 Å². The van der Waals surface area contributed by atoms with Gasteiger partial charge in [0.2, 0.25) is 5.91 Å². The highest BCUT2D eigenvalue weighted by molar-refractivity contribution is 5.98. The monoisotopic (exact) mass is 371 g/mol. The van der Waals surface area contributed by atoms with Crippen LogP contribution in [0.2, 0.25) is 0 Å². The van der Waals surface area contributed by atoms with Crippen LogP contribution in [0.15, 0.2) is 72.8 Å². The standard InChI is InChI=1S/C25H25NO2/c1-17-8-6-10-19(14-17)25(20-11-7-9-18(2)15-20)16-21(25)24(27)26-22-12-4-5-13-23(22)28-3/h4-15,21H,16H2,1-3H3,(H,26,27). The largest absolute Gasteiger partial charge is 0.495 e. The van der Waals surface area contributed by atoms with Crippen molar-refractivity contribution in [2.75, 3.05) is 12.4 Å². The van der Waals surface area contributed by atoms with Crippen LogP contribution < -0.4 is 10.1 Å². The number of methoxy groups -OCH3 is 1. The van der Waals surface area contributed by atoms with Crippen molar-refractivity contribution in [2.45, 2.75) is 25.7 Å². The Morgan fingerprint density at radius 3 is 2.11 bits per heavy atom. The summed E-state index contributed by atoms with van der Waals surface area (Å²) < 4.78 is 5.38. The molecule has 0 heterocycles. The van der Waals surface area contributed by atoms with Crippen LogP contribution in [0.4, 0.5) is 5.69 Å². The maximum atomic E-state index is 13.2. The van der Waals surface area contributed by atoms with Gasteiger partial charge in [0, 0.05) is 5.41 Å². The van der Waals surface area contributed by atoms with E-state index in [4.69, 9.17) is 4.74 Å². The molecule has 1 unspecified atom stereocenters. The van der Waals surface area contributed by atoms with Crippen molar-refractivity contribution in [3.8, 4) is 5.75 Å². The first kappa shape index (κ1) is 18.3. The Labute approximate surface area is 166 Å². The summed E-state index contributed by atoms with van der Waals surface area (Å²) in [5.41, 5.74) is 5.27. The number of carbonyl (C=O) groups is 1. The first-order valence-electron chi connectivity index (χ1n) is 9.63. The first-order valence-corrected chi connectivity index (χ1v) is 9.63. The van der Waals surface area contributed by atoms with Gasteiger partial charge in [-0.2, -0.15) is 0 Å². The highest BCUT2D eigenvalue weighted by Gasteiger charge is 2.60. The van der Waals surface area contributed by atoms with E-state index in [1.807, 2.05) is 24.3 Å². The summed E-state index contributed by atoms with van der Waals surface area (Å²) in [5.74, 6) is 0.599. The van der Waals surface area contributed by atoms with Gasteiger partial charge in [-0.05, 0) is 43.5 Å². The zero-order chi connectivity index (χ0) is 19.7. The van der Waals surface area contributed by atoms with Crippen molar-refractivity contribution < 1.29 is 9.53 Å². The van der Waals surface area contributed by atoms with Gasteiger partial charge >= 0.3 is 0 Å². The summed E-state index contributed by atoms with van der Waals surface area (Å²) >= 11 is 0. The molecule has 1 fully saturated rings. The normalized spacial score (nSPS) is 17.0. The molecule has 1 atom stereocenters. The highest BCUT2D eigenvalue weighted by atomic mass is 16.5. The van der Waals surface area contributed by atoms with Crippen molar-refractivity contribution in [2.24, 2.45) is 5.92 Å². The number of amides is 1. The van der Waals surface area contributed by atoms with E-state index in [1.165, 1.54) is 22.3 Å². The number of carbonyl (C=O) groups excluding carboxylic acids is 1. The van der Waals surface area contributed by atoms with Crippen LogP contribution >= 0.6 is 0 Å². The van der Waals surface area contributed by atoms with Crippen LogP contribution in [0.5, 0.6) is 5.75 Å². The van der Waals surface area contributed by atoms with Crippen LogP contribution in [-0.2, 0) is 10.2 Å². The Kier molecular flexibility index (Phi) is 4.68. The van der Waals surface area contributed by atoms with Gasteiger partial charge in [-0.25, -0.2) is 0 Å². The lowest BCUT2D eigenvalue weighted by atomic mass is 9.84. The molecule has 28 heavy (non-hydrogen) atoms. The van der Waals surface area contributed by atoms with Gasteiger partial charge in [-0.3, -0.25) is 4.79 Å². The third-order valence-electron chi connectivity index (χ3n) is 5.71. The second-order valence-electron chi connectivity index (χ2n) is 7.66. The van der Waals surface area contributed by atoms with Crippen molar-refractivity contribution >= 4 is 11.6 Å². The number of aryl methyl sites for hydroxylation is 2. The fourth-order valence-corrected chi connectivity index (χ4v) is 4.20. The van der Waals surface area contributed by atoms with Crippen molar-refractivity contribution in [1.29, 1.82) is 0 Å². The molecular weight excluding hydrogens is 346 g/mol. The summed E-state index contributed by atoms with van der Waals surface area (Å²) in [5, 5.41) is 3.08. The number of rotatable bonds is 5. The molecule has 4 rings (SSSR count). The van der Waals surface area contributed by atoms with Gasteiger partial charge in [-0.15, -0.1) is 0 Å². The average molecular weight is 371 g/mol. The van der Waals surface area contributed by atoms with E-state index < -0.39 is 0 Å². The maximum Gasteiger partial charge on any atom is 0.228 e. The Morgan fingerprint density at radius 1 is 0.929 bits per heavy atom. The van der Waals surface area contributed by atoms with Crippen LogP contribution in [0.3, 0.4) is 0 Å². The van der Waals surface area contributed by atoms with Crippen LogP contribution in [-0.4, -0.2) is 13.0 Å². The second kappa shape index (κ2) is 7.16. The number of para-hydroxylation sites is 2. The molecule has 3 aromatic carbocycles. The molecule has 1 aliphatic carbocycles. The molecular formula is C25H25NO2. The molecule has 0 aromatic heterocycles. The third kappa shape index (κ3) is 3.18. The van der Waals surface area contributed by atoms with Gasteiger partial charge in [0.05, 0.1) is 18.7 Å². The molecule has 1 aliphatic rings. The summed E-state index contributed by atoms with van der Waals surface area (Å²) in [6.07, 6.45) is 0.806. The SMILES string of the molecule is COc1ccccc1NC(=O)C1CC1(c1cccc(C)c1)c1cccc(C)c1. The van der Waals surface area contributed by atoms with Crippen LogP contribution in [0, 0.1) is 19.8 Å². The van der Waals surface area contributed by atoms with Gasteiger partial charge in [0.1, 0.15) is 5.75 Å². The third-order valence-corrected chi connectivity index (χ3v) is 5.71. The molecule has 1 amide bonds. The van der Waals surface area contributed by atoms with Gasteiger partial charge in [-0.1, -0.05) is 71.8 Å². The highest BCUT2D eigenvalue weighted by Crippen LogP contribution is 2.59. The lowest BCUT2D eigenvalue weighted by molar-refractivity contribution is -0.117. The quantitative estimate of drug-likeness (QED) is 0.665. The average Bonchev–Trinajstić information content (AvgIpc) is 3.46. The van der Waals surface area contributed by atoms with E-state index in [2.05, 4.69) is 67.7 Å². The summed E-state index contributed by atoms with van der Waals surface area (Å²) in [6, 6.07) is 24.6. The number of ether oxygens (including phenoxy) is 1. The molecule has 0 spiro atoms. The molecule has 3 nitrogen and oxygen atoms in total. The van der Waals surface area contributed by atoms with E-state index >= 15 is 0 Å². The predicted molar refractivity (Wildman–Crippen MR) is 113 cm³/mol.